The Morgan fingerprint density at radius 3 is 2.85 bits per heavy atom. The summed E-state index contributed by atoms with van der Waals surface area (Å²) in [7, 11) is 0. The van der Waals surface area contributed by atoms with Crippen molar-refractivity contribution >= 4 is 5.84 Å². The molecule has 20 heavy (non-hydrogen) atoms. The second kappa shape index (κ2) is 6.27. The molecule has 0 saturated heterocycles. The van der Waals surface area contributed by atoms with E-state index in [0.717, 1.165) is 16.7 Å². The van der Waals surface area contributed by atoms with E-state index in [1.54, 1.807) is 0 Å². The molecule has 0 saturated carbocycles. The number of hydrogen-bond acceptors (Lipinski definition) is 6. The van der Waals surface area contributed by atoms with Gasteiger partial charge in [-0.15, -0.1) is 0 Å². The van der Waals surface area contributed by atoms with Crippen LogP contribution in [-0.2, 0) is 13.2 Å². The fourth-order valence-corrected chi connectivity index (χ4v) is 1.79. The van der Waals surface area contributed by atoms with Crippen molar-refractivity contribution in [2.45, 2.75) is 27.0 Å². The molecule has 0 fully saturated rings. The number of aromatic nitrogens is 2. The fraction of sp³-hybridized carbons (Fsp3) is 0.308. The average Bonchev–Trinajstić information content (AvgIpc) is 2.91. The number of benzene rings is 1. The van der Waals surface area contributed by atoms with Gasteiger partial charge >= 0.3 is 0 Å². The summed E-state index contributed by atoms with van der Waals surface area (Å²) in [5.74, 6) is 0.108. The van der Waals surface area contributed by atoms with Crippen LogP contribution in [0.2, 0.25) is 0 Å². The topological polar surface area (TPSA) is 104 Å². The number of nitrogens with one attached hydrogen (secondary N) is 1. The van der Waals surface area contributed by atoms with E-state index in [4.69, 9.17) is 10.3 Å². The lowest BCUT2D eigenvalue weighted by atomic mass is 10.1. The monoisotopic (exact) mass is 276 g/mol. The second-order valence-corrected chi connectivity index (χ2v) is 4.42. The Morgan fingerprint density at radius 1 is 1.35 bits per heavy atom. The van der Waals surface area contributed by atoms with Gasteiger partial charge in [-0.2, -0.15) is 0 Å². The predicted octanol–water partition coefficient (Wildman–Crippen LogP) is 1.10. The maximum Gasteiger partial charge on any atom is 0.177 e. The highest BCUT2D eigenvalue weighted by atomic mass is 16.6. The van der Waals surface area contributed by atoms with Crippen LogP contribution in [0.1, 0.15) is 28.1 Å². The van der Waals surface area contributed by atoms with E-state index in [0.29, 0.717) is 6.54 Å². The van der Waals surface area contributed by atoms with E-state index in [2.05, 4.69) is 19.9 Å². The molecule has 0 unspecified atom stereocenters. The van der Waals surface area contributed by atoms with Gasteiger partial charge in [0.1, 0.15) is 5.69 Å². The Balaban J connectivity index is 2.26. The summed E-state index contributed by atoms with van der Waals surface area (Å²) in [6.07, 6.45) is 0. The number of hydroxylamine groups is 1. The first-order chi connectivity index (χ1) is 9.65. The number of hydrogen-bond donors (Lipinski definition) is 3. The molecule has 2 aromatic rings. The minimum absolute atomic E-state index is 0.108. The van der Waals surface area contributed by atoms with Crippen LogP contribution in [0.25, 0.3) is 0 Å². The molecule has 7 nitrogen and oxygen atoms in total. The van der Waals surface area contributed by atoms with E-state index in [1.807, 2.05) is 37.5 Å². The molecule has 0 atom stereocenters. The van der Waals surface area contributed by atoms with Crippen LogP contribution < -0.4 is 5.48 Å². The normalized spacial score (nSPS) is 11.7. The Hall–Kier alpha value is -2.25. The zero-order valence-corrected chi connectivity index (χ0v) is 11.3. The largest absolute Gasteiger partial charge is 0.390 e. The molecule has 0 radical (unpaired) electrons. The first-order valence-electron chi connectivity index (χ1n) is 6.09. The number of nitrogens with zero attached hydrogens (tertiary/aromatic N) is 3. The van der Waals surface area contributed by atoms with E-state index in [9.17, 15) is 0 Å². The maximum atomic E-state index is 9.15. The van der Waals surface area contributed by atoms with Crippen molar-refractivity contribution in [2.75, 3.05) is 0 Å². The highest BCUT2D eigenvalue weighted by Crippen LogP contribution is 2.12. The van der Waals surface area contributed by atoms with Crippen molar-refractivity contribution in [3.8, 4) is 0 Å². The molecule has 0 aliphatic carbocycles. The van der Waals surface area contributed by atoms with Crippen LogP contribution in [0, 0.1) is 13.8 Å². The molecule has 106 valence electrons. The summed E-state index contributed by atoms with van der Waals surface area (Å²) in [6.45, 7) is 4.02. The van der Waals surface area contributed by atoms with E-state index in [1.165, 1.54) is 0 Å². The molecule has 2 rings (SSSR count). The molecule has 0 amide bonds. The molecule has 0 aliphatic rings. The fourth-order valence-electron chi connectivity index (χ4n) is 1.79. The van der Waals surface area contributed by atoms with Gasteiger partial charge in [-0.3, -0.25) is 15.7 Å². The molecule has 0 aliphatic heterocycles. The second-order valence-electron chi connectivity index (χ2n) is 4.42. The van der Waals surface area contributed by atoms with Crippen molar-refractivity contribution in [2.24, 2.45) is 4.99 Å². The Kier molecular flexibility index (Phi) is 4.44. The zero-order valence-electron chi connectivity index (χ0n) is 11.3. The number of rotatable bonds is 4. The van der Waals surface area contributed by atoms with Gasteiger partial charge in [0, 0.05) is 0 Å². The minimum atomic E-state index is -0.344. The quantitative estimate of drug-likeness (QED) is 0.439. The van der Waals surface area contributed by atoms with Crippen LogP contribution in [0.3, 0.4) is 0 Å². The highest BCUT2D eigenvalue weighted by Gasteiger charge is 2.15. The minimum Gasteiger partial charge on any atom is -0.390 e. The molecule has 7 heteroatoms. The van der Waals surface area contributed by atoms with Crippen LogP contribution >= 0.6 is 0 Å². The van der Waals surface area contributed by atoms with E-state index in [-0.39, 0.29) is 23.8 Å². The third-order valence-electron chi connectivity index (χ3n) is 2.95. The maximum absolute atomic E-state index is 9.15. The summed E-state index contributed by atoms with van der Waals surface area (Å²) in [5, 5.41) is 25.4. The van der Waals surface area contributed by atoms with Gasteiger partial charge in [0.25, 0.3) is 0 Å². The lowest BCUT2D eigenvalue weighted by molar-refractivity contribution is 0.233. The molecule has 1 aromatic carbocycles. The SMILES string of the molecule is Cc1ccc(C)c(CN=C(NO)c2nonc2CO)c1. The van der Waals surface area contributed by atoms with Crippen LogP contribution in [0.4, 0.5) is 0 Å². The van der Waals surface area contributed by atoms with Gasteiger partial charge in [-0.25, -0.2) is 4.63 Å². The van der Waals surface area contributed by atoms with Gasteiger partial charge in [-0.05, 0) is 30.1 Å². The van der Waals surface area contributed by atoms with E-state index < -0.39 is 0 Å². The Bertz CT molecular complexity index is 622. The third kappa shape index (κ3) is 3.01. The summed E-state index contributed by atoms with van der Waals surface area (Å²) in [4.78, 5) is 4.25. The Labute approximate surface area is 115 Å². The molecule has 1 heterocycles. The summed E-state index contributed by atoms with van der Waals surface area (Å²) < 4.78 is 4.52. The smallest absolute Gasteiger partial charge is 0.177 e. The summed E-state index contributed by atoms with van der Waals surface area (Å²) in [5.41, 5.74) is 5.66. The van der Waals surface area contributed by atoms with Crippen LogP contribution in [0.15, 0.2) is 27.8 Å². The third-order valence-corrected chi connectivity index (χ3v) is 2.95. The zero-order chi connectivity index (χ0) is 14.5. The van der Waals surface area contributed by atoms with Crippen molar-refractivity contribution in [1.82, 2.24) is 15.8 Å². The van der Waals surface area contributed by atoms with Crippen molar-refractivity contribution in [3.05, 3.63) is 46.3 Å². The van der Waals surface area contributed by atoms with Gasteiger partial charge in [-0.1, -0.05) is 28.9 Å². The first kappa shape index (κ1) is 14.2. The van der Waals surface area contributed by atoms with Crippen molar-refractivity contribution < 1.29 is 14.9 Å². The first-order valence-corrected chi connectivity index (χ1v) is 6.09. The number of aryl methyl sites for hydroxylation is 2. The molecular weight excluding hydrogens is 260 g/mol. The number of aliphatic hydroxyl groups is 1. The van der Waals surface area contributed by atoms with E-state index >= 15 is 0 Å². The highest BCUT2D eigenvalue weighted by molar-refractivity contribution is 5.96. The van der Waals surface area contributed by atoms with Crippen molar-refractivity contribution in [3.63, 3.8) is 0 Å². The number of amidine groups is 1. The molecule has 0 bridgehead atoms. The molecule has 1 aromatic heterocycles. The predicted molar refractivity (Wildman–Crippen MR) is 71.3 cm³/mol. The lowest BCUT2D eigenvalue weighted by Gasteiger charge is -2.06. The summed E-state index contributed by atoms with van der Waals surface area (Å²) in [6, 6.07) is 6.07. The summed E-state index contributed by atoms with van der Waals surface area (Å²) >= 11 is 0. The van der Waals surface area contributed by atoms with Gasteiger partial charge in [0.15, 0.2) is 11.5 Å². The lowest BCUT2D eigenvalue weighted by Crippen LogP contribution is -2.22. The van der Waals surface area contributed by atoms with Gasteiger partial charge in [0.05, 0.1) is 13.2 Å². The standard InChI is InChI=1S/C13H16N4O3/c1-8-3-4-9(2)10(5-8)6-14-13(15-19)12-11(7-18)16-20-17-12/h3-5,18-19H,6-7H2,1-2H3,(H,14,15). The molecule has 0 spiro atoms. The number of aliphatic hydroxyl groups excluding tert-OH is 1. The van der Waals surface area contributed by atoms with Gasteiger partial charge < -0.3 is 5.11 Å². The van der Waals surface area contributed by atoms with Crippen molar-refractivity contribution in [1.29, 1.82) is 0 Å². The van der Waals surface area contributed by atoms with Crippen LogP contribution in [0.5, 0.6) is 0 Å². The molecular formula is C13H16N4O3. The van der Waals surface area contributed by atoms with Crippen LogP contribution in [-0.4, -0.2) is 26.5 Å². The average molecular weight is 276 g/mol. The van der Waals surface area contributed by atoms with Gasteiger partial charge in [0.2, 0.25) is 0 Å². The Morgan fingerprint density at radius 2 is 2.15 bits per heavy atom. The molecule has 3 N–H and O–H groups in total. The number of aliphatic imine (C=N–C) groups is 1.